The van der Waals surface area contributed by atoms with E-state index in [1.165, 1.54) is 0 Å². The zero-order chi connectivity index (χ0) is 20.8. The van der Waals surface area contributed by atoms with E-state index in [0.29, 0.717) is 36.2 Å². The van der Waals surface area contributed by atoms with E-state index in [2.05, 4.69) is 12.1 Å². The third-order valence-electron chi connectivity index (χ3n) is 3.31. The number of ether oxygens (including phenoxy) is 6. The van der Waals surface area contributed by atoms with Crippen LogP contribution in [0.3, 0.4) is 0 Å². The first-order valence-electron chi connectivity index (χ1n) is 9.21. The van der Waals surface area contributed by atoms with Crippen LogP contribution in [0.2, 0.25) is 0 Å². The Balaban J connectivity index is 0.000000523. The van der Waals surface area contributed by atoms with E-state index in [9.17, 15) is 0 Å². The van der Waals surface area contributed by atoms with Gasteiger partial charge >= 0.3 is 19.5 Å². The standard InChI is InChI=1S/2C11H15O3.Zn/c2*1-4-13-9(2)14-11-7-5-6-10(8-11)12-3;/h2*5-7,9H,4H2,1-3H3;/q2*-1;+2. The van der Waals surface area contributed by atoms with Crippen molar-refractivity contribution in [1.29, 1.82) is 0 Å². The predicted molar refractivity (Wildman–Crippen MR) is 107 cm³/mol. The zero-order valence-electron chi connectivity index (χ0n) is 18.2. The molecule has 0 fully saturated rings. The molecule has 0 radical (unpaired) electrons. The molecule has 6 nitrogen and oxygen atoms in total. The summed E-state index contributed by atoms with van der Waals surface area (Å²) >= 11 is 0. The van der Waals surface area contributed by atoms with Crippen LogP contribution in [0, 0.1) is 12.1 Å². The number of methoxy groups -OCH3 is 2. The average molecular weight is 456 g/mol. The molecule has 0 saturated heterocycles. The van der Waals surface area contributed by atoms with Crippen LogP contribution in [-0.4, -0.2) is 40.0 Å². The van der Waals surface area contributed by atoms with E-state index in [1.54, 1.807) is 14.2 Å². The topological polar surface area (TPSA) is 55.4 Å². The summed E-state index contributed by atoms with van der Waals surface area (Å²) in [4.78, 5) is 0. The van der Waals surface area contributed by atoms with Gasteiger partial charge in [-0.15, -0.1) is 24.3 Å². The summed E-state index contributed by atoms with van der Waals surface area (Å²) in [6.45, 7) is 8.80. The Bertz CT molecular complexity index is 610. The maximum Gasteiger partial charge on any atom is 2.00 e. The SMILES string of the molecule is CCOC(C)Oc1[c-]c(OC)ccc1.CCOC(C)Oc1[c-]c(OC)ccc1.[Zn+2]. The molecule has 0 bridgehead atoms. The van der Waals surface area contributed by atoms with Gasteiger partial charge in [0, 0.05) is 36.2 Å². The van der Waals surface area contributed by atoms with Crippen molar-refractivity contribution in [3.8, 4) is 23.0 Å². The average Bonchev–Trinajstić information content (AvgIpc) is 2.69. The normalized spacial score (nSPS) is 11.8. The van der Waals surface area contributed by atoms with Crippen LogP contribution in [0.5, 0.6) is 23.0 Å². The monoisotopic (exact) mass is 454 g/mol. The largest absolute Gasteiger partial charge is 2.00 e. The van der Waals surface area contributed by atoms with E-state index in [0.717, 1.165) is 0 Å². The molecule has 0 aromatic heterocycles. The number of hydrogen-bond acceptors (Lipinski definition) is 6. The summed E-state index contributed by atoms with van der Waals surface area (Å²) in [5.74, 6) is 2.58. The molecule has 2 atom stereocenters. The van der Waals surface area contributed by atoms with Crippen molar-refractivity contribution in [2.24, 2.45) is 0 Å². The summed E-state index contributed by atoms with van der Waals surface area (Å²) in [5.41, 5.74) is 0. The molecule has 2 rings (SSSR count). The fourth-order valence-corrected chi connectivity index (χ4v) is 2.13. The van der Waals surface area contributed by atoms with Crippen LogP contribution in [0.25, 0.3) is 0 Å². The molecule has 0 aliphatic carbocycles. The van der Waals surface area contributed by atoms with Gasteiger partial charge in [-0.3, -0.25) is 0 Å². The molecule has 0 aliphatic heterocycles. The molecule has 156 valence electrons. The van der Waals surface area contributed by atoms with Crippen molar-refractivity contribution < 1.29 is 47.9 Å². The van der Waals surface area contributed by atoms with Gasteiger partial charge in [0.2, 0.25) is 0 Å². The van der Waals surface area contributed by atoms with E-state index in [1.807, 2.05) is 64.1 Å². The fraction of sp³-hybridized carbons (Fsp3) is 0.455. The van der Waals surface area contributed by atoms with Crippen molar-refractivity contribution >= 4 is 0 Å². The van der Waals surface area contributed by atoms with Gasteiger partial charge in [0.1, 0.15) is 0 Å². The van der Waals surface area contributed by atoms with Crippen molar-refractivity contribution in [3.63, 3.8) is 0 Å². The molecule has 29 heavy (non-hydrogen) atoms. The number of benzene rings is 2. The first-order valence-corrected chi connectivity index (χ1v) is 9.21. The summed E-state index contributed by atoms with van der Waals surface area (Å²) in [6.07, 6.45) is -0.522. The molecule has 0 N–H and O–H groups in total. The minimum absolute atomic E-state index is 0. The van der Waals surface area contributed by atoms with Crippen molar-refractivity contribution in [3.05, 3.63) is 48.5 Å². The molecule has 0 heterocycles. The Morgan fingerprint density at radius 2 is 1.03 bits per heavy atom. The van der Waals surface area contributed by atoms with Crippen molar-refractivity contribution in [2.45, 2.75) is 40.3 Å². The van der Waals surface area contributed by atoms with Crippen molar-refractivity contribution in [2.75, 3.05) is 27.4 Å². The number of hydrogen-bond donors (Lipinski definition) is 0. The first kappa shape index (κ1) is 27.2. The van der Waals surface area contributed by atoms with Crippen LogP contribution in [0.1, 0.15) is 27.7 Å². The Kier molecular flexibility index (Phi) is 15.0. The van der Waals surface area contributed by atoms with Gasteiger partial charge < -0.3 is 28.4 Å². The Hall–Kier alpha value is -1.82. The summed E-state index contributed by atoms with van der Waals surface area (Å²) in [6, 6.07) is 16.9. The van der Waals surface area contributed by atoms with Crippen molar-refractivity contribution in [1.82, 2.24) is 0 Å². The first-order chi connectivity index (χ1) is 13.5. The van der Waals surface area contributed by atoms with E-state index < -0.39 is 0 Å². The summed E-state index contributed by atoms with van der Waals surface area (Å²) < 4.78 is 31.4. The van der Waals surface area contributed by atoms with Crippen LogP contribution in [0.4, 0.5) is 0 Å². The summed E-state index contributed by atoms with van der Waals surface area (Å²) in [5, 5.41) is 0. The van der Waals surface area contributed by atoms with Gasteiger partial charge in [-0.25, -0.2) is 0 Å². The van der Waals surface area contributed by atoms with Crippen LogP contribution < -0.4 is 18.9 Å². The minimum Gasteiger partial charge on any atom is -0.522 e. The minimum atomic E-state index is -0.261. The second-order valence-corrected chi connectivity index (χ2v) is 5.45. The Morgan fingerprint density at radius 1 is 0.690 bits per heavy atom. The molecule has 0 aliphatic rings. The van der Waals surface area contributed by atoms with Crippen LogP contribution in [-0.2, 0) is 29.0 Å². The molecule has 2 unspecified atom stereocenters. The molecule has 2 aromatic carbocycles. The van der Waals surface area contributed by atoms with Gasteiger partial charge in [-0.05, 0) is 27.7 Å². The summed E-state index contributed by atoms with van der Waals surface area (Å²) in [7, 11) is 3.20. The third-order valence-corrected chi connectivity index (χ3v) is 3.31. The molecule has 2 aromatic rings. The van der Waals surface area contributed by atoms with Crippen LogP contribution >= 0.6 is 0 Å². The second kappa shape index (κ2) is 16.0. The third kappa shape index (κ3) is 11.7. The smallest absolute Gasteiger partial charge is 0.522 e. The van der Waals surface area contributed by atoms with Gasteiger partial charge in [0.15, 0.2) is 12.6 Å². The fourth-order valence-electron chi connectivity index (χ4n) is 2.13. The molecular weight excluding hydrogens is 426 g/mol. The quantitative estimate of drug-likeness (QED) is 0.298. The van der Waals surface area contributed by atoms with Gasteiger partial charge in [0.05, 0.1) is 14.2 Å². The molecular formula is C22H30O6Zn. The Labute approximate surface area is 187 Å². The second-order valence-electron chi connectivity index (χ2n) is 5.45. The van der Waals surface area contributed by atoms with E-state index in [4.69, 9.17) is 28.4 Å². The predicted octanol–water partition coefficient (Wildman–Crippen LogP) is 4.51. The maximum atomic E-state index is 5.44. The van der Waals surface area contributed by atoms with Gasteiger partial charge in [-0.1, -0.05) is 12.1 Å². The number of rotatable bonds is 10. The van der Waals surface area contributed by atoms with E-state index >= 15 is 0 Å². The van der Waals surface area contributed by atoms with E-state index in [-0.39, 0.29) is 32.1 Å². The zero-order valence-corrected chi connectivity index (χ0v) is 21.2. The Morgan fingerprint density at radius 3 is 1.34 bits per heavy atom. The van der Waals surface area contributed by atoms with Gasteiger partial charge in [-0.2, -0.15) is 12.1 Å². The van der Waals surface area contributed by atoms with Crippen LogP contribution in [0.15, 0.2) is 36.4 Å². The van der Waals surface area contributed by atoms with Gasteiger partial charge in [0.25, 0.3) is 0 Å². The molecule has 0 spiro atoms. The molecule has 7 heteroatoms. The molecule has 0 amide bonds. The molecule has 0 saturated carbocycles. The maximum absolute atomic E-state index is 5.44.